The van der Waals surface area contributed by atoms with E-state index >= 15 is 28.6 Å². The molecular formula is C89H157O10S3Ti. The molecule has 0 bridgehead atoms. The molecule has 3 rings (SSSR count). The van der Waals surface area contributed by atoms with Crippen LogP contribution >= 0.6 is 0 Å². The number of benzene rings is 3. The Morgan fingerprint density at radius 3 is 0.709 bits per heavy atom. The molecule has 3 aromatic carbocycles. The van der Waals surface area contributed by atoms with Crippen molar-refractivity contribution in [3.63, 3.8) is 0 Å². The van der Waals surface area contributed by atoms with Gasteiger partial charge >= 0.3 is 569 Å². The van der Waals surface area contributed by atoms with Crippen molar-refractivity contribution >= 4 is 22.3 Å². The van der Waals surface area contributed by atoms with Gasteiger partial charge in [0.1, 0.15) is 0 Å². The zero-order chi connectivity index (χ0) is 76.0. The minimum atomic E-state index is -13.1. The van der Waals surface area contributed by atoms with Gasteiger partial charge in [-0.05, 0) is 0 Å². The second kappa shape index (κ2) is 44.9. The summed E-state index contributed by atoms with van der Waals surface area (Å²) in [6.45, 7) is 25.3. The molecular weight excluding hydrogens is 1370 g/mol. The number of allylic oxidation sites excluding steroid dienone is 2. The SMILES string of the molecule is C=C[CH2][Ti](=[O])([CH2]C=C)([O]O)([O]CC(C)(C)C)([S](=O)(=O)c1cccc(CCCCCCCCCC)c1CCCCCCCCCC)([S](=O)(=O)c1cccc(CCCCCCCCCC)c1CCCCCCCCCC)[S](=O)(=O)c1cccc(CCCCCCCCCC)c1CCCCCCCCCC. The molecule has 0 aliphatic heterocycles. The van der Waals surface area contributed by atoms with E-state index in [2.05, 4.69) is 54.7 Å². The molecule has 14 heteroatoms. The number of rotatable bonds is 67. The zero-order valence-electron chi connectivity index (χ0n) is 67.9. The Balaban J connectivity index is 2.97. The molecule has 10 nitrogen and oxygen atoms in total. The van der Waals surface area contributed by atoms with Gasteiger partial charge in [-0.15, -0.1) is 0 Å². The third kappa shape index (κ3) is 20.5. The van der Waals surface area contributed by atoms with Crippen molar-refractivity contribution in [2.45, 2.75) is 433 Å². The monoisotopic (exact) mass is 1530 g/mol. The van der Waals surface area contributed by atoms with Crippen LogP contribution in [0.1, 0.15) is 404 Å². The fourth-order valence-electron chi connectivity index (χ4n) is 17.1. The van der Waals surface area contributed by atoms with Gasteiger partial charge in [-0.3, -0.25) is 0 Å². The fraction of sp³-hybridized carbons (Fsp3) is 0.753. The molecule has 0 spiro atoms. The third-order valence-corrected chi connectivity index (χ3v) is 92.1. The van der Waals surface area contributed by atoms with Crippen LogP contribution < -0.4 is 0 Å². The Hall–Kier alpha value is -2.62. The van der Waals surface area contributed by atoms with Crippen LogP contribution in [0.2, 0.25) is 9.45 Å². The van der Waals surface area contributed by atoms with Gasteiger partial charge in [-0.25, -0.2) is 0 Å². The number of hydrogen-bond acceptors (Lipinski definition) is 10. The van der Waals surface area contributed by atoms with E-state index in [1.807, 2.05) is 18.2 Å². The van der Waals surface area contributed by atoms with Crippen molar-refractivity contribution < 1.29 is 48.9 Å². The summed E-state index contributed by atoms with van der Waals surface area (Å²) in [4.78, 5) is -2.41. The van der Waals surface area contributed by atoms with Gasteiger partial charge in [-0.1, -0.05) is 60.8 Å². The van der Waals surface area contributed by atoms with Gasteiger partial charge in [0.2, 0.25) is 0 Å². The minimum Gasteiger partial charge on any atom is -0.0654 e. The minimum absolute atomic E-state index is 0.0631. The van der Waals surface area contributed by atoms with Gasteiger partial charge in [0, 0.05) is 0 Å². The van der Waals surface area contributed by atoms with Gasteiger partial charge in [0.25, 0.3) is 0 Å². The van der Waals surface area contributed by atoms with E-state index in [1.54, 1.807) is 20.8 Å². The molecule has 595 valence electrons. The average molecular weight is 1530 g/mol. The van der Waals surface area contributed by atoms with Crippen molar-refractivity contribution in [1.29, 1.82) is 0 Å². The van der Waals surface area contributed by atoms with E-state index in [4.69, 9.17) is 6.79 Å². The first-order valence-electron chi connectivity index (χ1n) is 43.1. The fourth-order valence-corrected chi connectivity index (χ4v) is 78.2. The predicted molar refractivity (Wildman–Crippen MR) is 439 cm³/mol. The predicted octanol–water partition coefficient (Wildman–Crippen LogP) is 28.5. The van der Waals surface area contributed by atoms with Gasteiger partial charge in [0.05, 0.1) is 0 Å². The van der Waals surface area contributed by atoms with Crippen LogP contribution in [0, 0.1) is 5.41 Å². The van der Waals surface area contributed by atoms with Crippen LogP contribution in [0.4, 0.5) is 0 Å². The summed E-state index contributed by atoms with van der Waals surface area (Å²) >= 11 is 0. The van der Waals surface area contributed by atoms with E-state index in [1.165, 1.54) is 55.7 Å². The summed E-state index contributed by atoms with van der Waals surface area (Å²) in [7, 11) is -34.2. The number of aryl methyl sites for hydroxylation is 3. The summed E-state index contributed by atoms with van der Waals surface area (Å²) in [5.41, 5.74) is 0.776. The van der Waals surface area contributed by atoms with Crippen molar-refractivity contribution in [1.82, 2.24) is 0 Å². The zero-order valence-corrected chi connectivity index (χ0v) is 71.9. The first-order valence-corrected chi connectivity index (χ1v) is 57.4. The number of unbranched alkanes of at least 4 members (excludes halogenated alkanes) is 42. The first kappa shape index (κ1) is 94.6. The Labute approximate surface area is 624 Å². The Bertz CT molecular complexity index is 3120. The Kier molecular flexibility index (Phi) is 41.2. The molecule has 0 aromatic heterocycles. The first-order chi connectivity index (χ1) is 49.4. The summed E-state index contributed by atoms with van der Waals surface area (Å²) in [5.74, 6) is 0. The molecule has 3 aromatic rings. The summed E-state index contributed by atoms with van der Waals surface area (Å²) in [6, 6.07) is 13.8. The molecule has 0 atom stereocenters. The molecule has 0 amide bonds. The van der Waals surface area contributed by atoms with Gasteiger partial charge in [-0.2, -0.15) is 0 Å². The van der Waals surface area contributed by atoms with Crippen LogP contribution in [-0.2, 0) is 79.2 Å². The molecule has 0 fully saturated rings. The summed E-state index contributed by atoms with van der Waals surface area (Å²) < 4.78 is 146. The van der Waals surface area contributed by atoms with Crippen molar-refractivity contribution in [2.24, 2.45) is 5.41 Å². The summed E-state index contributed by atoms with van der Waals surface area (Å²) in [6.07, 6.45) is 49.3. The van der Waals surface area contributed by atoms with Crippen molar-refractivity contribution in [3.05, 3.63) is 113 Å². The maximum atomic E-state index is 21.6. The van der Waals surface area contributed by atoms with Crippen LogP contribution in [0.15, 0.2) is 94.6 Å². The van der Waals surface area contributed by atoms with E-state index < -0.39 is 66.7 Å². The molecule has 0 aliphatic carbocycles. The van der Waals surface area contributed by atoms with Crippen LogP contribution in [-0.4, -0.2) is 37.1 Å². The van der Waals surface area contributed by atoms with E-state index in [-0.39, 0.29) is 36.0 Å². The van der Waals surface area contributed by atoms with Crippen LogP contribution in [0.3, 0.4) is 0 Å². The molecule has 0 saturated heterocycles. The third-order valence-electron chi connectivity index (χ3n) is 24.0. The van der Waals surface area contributed by atoms with Gasteiger partial charge < -0.3 is 0 Å². The quantitative estimate of drug-likeness (QED) is 0.0190. The molecule has 0 heterocycles. The molecule has 0 aliphatic rings. The second-order valence-corrected chi connectivity index (χ2v) is 79.3. The van der Waals surface area contributed by atoms with Crippen LogP contribution in [0.25, 0.3) is 0 Å². The molecule has 0 radical (unpaired) electrons. The average Bonchev–Trinajstić information content (AvgIpc) is 0.534. The van der Waals surface area contributed by atoms with E-state index in [0.717, 1.165) is 243 Å². The Morgan fingerprint density at radius 1 is 0.330 bits per heavy atom. The Morgan fingerprint density at radius 2 is 0.524 bits per heavy atom. The molecule has 1 N–H and O–H groups in total. The standard InChI is InChI=1S/3C26H45O2S.C5H11O.2C3H5.H2O2.O.Ti/c3*1-3-5-7-9-11-13-15-17-20-24-21-19-23-26(29(27)28)25(24)22-18-16-14-12-10-8-6-4-2;1-5(2,3)4-6;2*1-3-2;1-2;;/h3*19,21,23H,3-18,20,22H2,1-2H3;4H2,1-3H3;2*3H,1-2H2;1-2H;;/q;;;-1;;;;;+2/p-1. The topological polar surface area (TPSA) is 158 Å². The molecule has 0 unspecified atom stereocenters. The smallest absolute Gasteiger partial charge is 0.0654 e. The van der Waals surface area contributed by atoms with E-state index in [0.29, 0.717) is 93.7 Å². The molecule has 103 heavy (non-hydrogen) atoms. The molecule has 0 saturated carbocycles. The summed E-state index contributed by atoms with van der Waals surface area (Å²) in [5, 5.41) is 13.9. The van der Waals surface area contributed by atoms with Crippen molar-refractivity contribution in [3.8, 4) is 0 Å². The van der Waals surface area contributed by atoms with Gasteiger partial charge in [0.15, 0.2) is 0 Å². The second-order valence-electron chi connectivity index (χ2n) is 33.7. The normalized spacial score (nSPS) is 14.1. The van der Waals surface area contributed by atoms with Crippen LogP contribution in [0.5, 0.6) is 0 Å². The maximum absolute atomic E-state index is 21.6. The van der Waals surface area contributed by atoms with Crippen molar-refractivity contribution in [2.75, 3.05) is 6.61 Å². The number of hydrogen-bond donors (Lipinski definition) is 1. The van der Waals surface area contributed by atoms with E-state index in [9.17, 15) is 5.26 Å².